The molecule has 0 atom stereocenters. The summed E-state index contributed by atoms with van der Waals surface area (Å²) in [6.45, 7) is 7.01. The first-order valence-electron chi connectivity index (χ1n) is 8.44. The standard InChI is InChI=1S/C20H20Cl2N4/c1-12(2)11-24-20-18(15-4-5-16(21)17(22)10-15)19(25-13(3)26-20)14-6-8-23-9-7-14/h4-10,12H,11H2,1-3H3,(H,24,25,26). The van der Waals surface area contributed by atoms with Gasteiger partial charge in [0.2, 0.25) is 0 Å². The number of aromatic nitrogens is 3. The van der Waals surface area contributed by atoms with Crippen LogP contribution in [0.5, 0.6) is 0 Å². The molecule has 0 spiro atoms. The Hall–Kier alpha value is -2.17. The highest BCUT2D eigenvalue weighted by Crippen LogP contribution is 2.38. The minimum Gasteiger partial charge on any atom is -0.369 e. The smallest absolute Gasteiger partial charge is 0.138 e. The number of hydrogen-bond donors (Lipinski definition) is 1. The molecule has 0 fully saturated rings. The topological polar surface area (TPSA) is 50.7 Å². The van der Waals surface area contributed by atoms with Crippen LogP contribution in [0.3, 0.4) is 0 Å². The van der Waals surface area contributed by atoms with Gasteiger partial charge in [0.15, 0.2) is 0 Å². The molecule has 0 unspecified atom stereocenters. The fourth-order valence-corrected chi connectivity index (χ4v) is 2.94. The molecule has 26 heavy (non-hydrogen) atoms. The van der Waals surface area contributed by atoms with Crippen LogP contribution in [-0.2, 0) is 0 Å². The van der Waals surface area contributed by atoms with Gasteiger partial charge in [0.1, 0.15) is 11.6 Å². The molecule has 0 aliphatic carbocycles. The predicted octanol–water partition coefficient (Wildman–Crippen LogP) is 5.89. The number of halogens is 2. The Bertz CT molecular complexity index is 911. The SMILES string of the molecule is Cc1nc(NCC(C)C)c(-c2ccc(Cl)c(Cl)c2)c(-c2ccncc2)n1. The van der Waals surface area contributed by atoms with Crippen LogP contribution in [-0.4, -0.2) is 21.5 Å². The van der Waals surface area contributed by atoms with E-state index in [-0.39, 0.29) is 0 Å². The number of hydrogen-bond acceptors (Lipinski definition) is 4. The maximum absolute atomic E-state index is 6.27. The van der Waals surface area contributed by atoms with Crippen LogP contribution in [0, 0.1) is 12.8 Å². The van der Waals surface area contributed by atoms with Gasteiger partial charge in [0, 0.05) is 24.5 Å². The zero-order valence-electron chi connectivity index (χ0n) is 14.9. The Labute approximate surface area is 163 Å². The number of nitrogens with zero attached hydrogens (tertiary/aromatic N) is 3. The van der Waals surface area contributed by atoms with Gasteiger partial charge in [-0.15, -0.1) is 0 Å². The quantitative estimate of drug-likeness (QED) is 0.593. The van der Waals surface area contributed by atoms with Gasteiger partial charge in [-0.1, -0.05) is 43.1 Å². The summed E-state index contributed by atoms with van der Waals surface area (Å²) in [5, 5.41) is 4.47. The van der Waals surface area contributed by atoms with E-state index < -0.39 is 0 Å². The van der Waals surface area contributed by atoms with Crippen molar-refractivity contribution in [3.8, 4) is 22.4 Å². The van der Waals surface area contributed by atoms with Gasteiger partial charge in [-0.05, 0) is 42.7 Å². The second-order valence-corrected chi connectivity index (χ2v) is 7.30. The fourth-order valence-electron chi connectivity index (χ4n) is 2.65. The molecule has 0 amide bonds. The number of rotatable bonds is 5. The third-order valence-electron chi connectivity index (χ3n) is 3.86. The van der Waals surface area contributed by atoms with E-state index in [1.165, 1.54) is 0 Å². The van der Waals surface area contributed by atoms with Crippen LogP contribution in [0.4, 0.5) is 5.82 Å². The molecular formula is C20H20Cl2N4. The Kier molecular flexibility index (Phi) is 5.74. The predicted molar refractivity (Wildman–Crippen MR) is 109 cm³/mol. The molecule has 134 valence electrons. The minimum absolute atomic E-state index is 0.483. The first-order valence-corrected chi connectivity index (χ1v) is 9.19. The van der Waals surface area contributed by atoms with E-state index in [4.69, 9.17) is 28.2 Å². The monoisotopic (exact) mass is 386 g/mol. The van der Waals surface area contributed by atoms with Crippen molar-refractivity contribution in [2.75, 3.05) is 11.9 Å². The molecular weight excluding hydrogens is 367 g/mol. The summed E-state index contributed by atoms with van der Waals surface area (Å²) in [4.78, 5) is 13.5. The number of anilines is 1. The lowest BCUT2D eigenvalue weighted by Crippen LogP contribution is -2.12. The van der Waals surface area contributed by atoms with Crippen LogP contribution in [0.1, 0.15) is 19.7 Å². The van der Waals surface area contributed by atoms with Crippen LogP contribution in [0.15, 0.2) is 42.7 Å². The summed E-state index contributed by atoms with van der Waals surface area (Å²) < 4.78 is 0. The normalized spacial score (nSPS) is 11.0. The van der Waals surface area contributed by atoms with Crippen molar-refractivity contribution in [2.45, 2.75) is 20.8 Å². The second kappa shape index (κ2) is 8.02. The highest BCUT2D eigenvalue weighted by Gasteiger charge is 2.18. The van der Waals surface area contributed by atoms with Gasteiger partial charge in [-0.3, -0.25) is 4.98 Å². The summed E-state index contributed by atoms with van der Waals surface area (Å²) >= 11 is 12.4. The molecule has 4 nitrogen and oxygen atoms in total. The molecule has 0 radical (unpaired) electrons. The van der Waals surface area contributed by atoms with E-state index in [1.54, 1.807) is 18.5 Å². The lowest BCUT2D eigenvalue weighted by Gasteiger charge is -2.17. The number of nitrogens with one attached hydrogen (secondary N) is 1. The molecule has 0 saturated carbocycles. The largest absolute Gasteiger partial charge is 0.369 e. The van der Waals surface area contributed by atoms with E-state index in [0.717, 1.165) is 34.7 Å². The van der Waals surface area contributed by atoms with Crippen LogP contribution < -0.4 is 5.32 Å². The molecule has 0 aliphatic rings. The van der Waals surface area contributed by atoms with Crippen molar-refractivity contribution < 1.29 is 0 Å². The lowest BCUT2D eigenvalue weighted by molar-refractivity contribution is 0.686. The van der Waals surface area contributed by atoms with Crippen molar-refractivity contribution in [1.82, 2.24) is 15.0 Å². The van der Waals surface area contributed by atoms with E-state index in [2.05, 4.69) is 29.1 Å². The molecule has 6 heteroatoms. The molecule has 0 aliphatic heterocycles. The summed E-state index contributed by atoms with van der Waals surface area (Å²) in [5.74, 6) is 1.97. The van der Waals surface area contributed by atoms with Gasteiger partial charge >= 0.3 is 0 Å². The van der Waals surface area contributed by atoms with Crippen molar-refractivity contribution in [1.29, 1.82) is 0 Å². The zero-order chi connectivity index (χ0) is 18.7. The van der Waals surface area contributed by atoms with Gasteiger partial charge in [-0.2, -0.15) is 0 Å². The first-order chi connectivity index (χ1) is 12.5. The van der Waals surface area contributed by atoms with Crippen LogP contribution >= 0.6 is 23.2 Å². The summed E-state index contributed by atoms with van der Waals surface area (Å²) in [7, 11) is 0. The van der Waals surface area contributed by atoms with Gasteiger partial charge in [0.05, 0.1) is 21.3 Å². The van der Waals surface area contributed by atoms with Crippen LogP contribution in [0.2, 0.25) is 10.0 Å². The molecule has 3 rings (SSSR count). The van der Waals surface area contributed by atoms with E-state index in [0.29, 0.717) is 21.8 Å². The van der Waals surface area contributed by atoms with E-state index in [9.17, 15) is 0 Å². The molecule has 2 heterocycles. The van der Waals surface area contributed by atoms with E-state index >= 15 is 0 Å². The molecule has 1 N–H and O–H groups in total. The van der Waals surface area contributed by atoms with Gasteiger partial charge < -0.3 is 5.32 Å². The van der Waals surface area contributed by atoms with Crippen molar-refractivity contribution in [3.63, 3.8) is 0 Å². The zero-order valence-corrected chi connectivity index (χ0v) is 16.4. The Morgan fingerprint density at radius 3 is 2.35 bits per heavy atom. The van der Waals surface area contributed by atoms with Gasteiger partial charge in [0.25, 0.3) is 0 Å². The summed E-state index contributed by atoms with van der Waals surface area (Å²) in [5.41, 5.74) is 3.63. The Morgan fingerprint density at radius 2 is 1.69 bits per heavy atom. The van der Waals surface area contributed by atoms with Crippen molar-refractivity contribution in [2.24, 2.45) is 5.92 Å². The first kappa shape index (κ1) is 18.6. The molecule has 0 saturated heterocycles. The Morgan fingerprint density at radius 1 is 0.962 bits per heavy atom. The number of benzene rings is 1. The lowest BCUT2D eigenvalue weighted by atomic mass is 9.99. The average Bonchev–Trinajstić information content (AvgIpc) is 2.62. The maximum Gasteiger partial charge on any atom is 0.138 e. The van der Waals surface area contributed by atoms with Crippen LogP contribution in [0.25, 0.3) is 22.4 Å². The summed E-state index contributed by atoms with van der Waals surface area (Å²) in [6.07, 6.45) is 3.51. The van der Waals surface area contributed by atoms with Crippen molar-refractivity contribution >= 4 is 29.0 Å². The number of aryl methyl sites for hydroxylation is 1. The third kappa shape index (κ3) is 4.14. The van der Waals surface area contributed by atoms with E-state index in [1.807, 2.05) is 31.2 Å². The van der Waals surface area contributed by atoms with Gasteiger partial charge in [-0.25, -0.2) is 9.97 Å². The molecule has 3 aromatic rings. The summed E-state index contributed by atoms with van der Waals surface area (Å²) in [6, 6.07) is 9.46. The number of pyridine rings is 1. The molecule has 2 aromatic heterocycles. The Balaban J connectivity index is 2.24. The highest BCUT2D eigenvalue weighted by molar-refractivity contribution is 6.42. The average molecular weight is 387 g/mol. The molecule has 0 bridgehead atoms. The second-order valence-electron chi connectivity index (χ2n) is 6.48. The molecule has 1 aromatic carbocycles. The highest BCUT2D eigenvalue weighted by atomic mass is 35.5. The fraction of sp³-hybridized carbons (Fsp3) is 0.250. The minimum atomic E-state index is 0.483. The maximum atomic E-state index is 6.27. The third-order valence-corrected chi connectivity index (χ3v) is 4.60. The van der Waals surface area contributed by atoms with Crippen molar-refractivity contribution in [3.05, 3.63) is 58.6 Å².